The fourth-order valence-corrected chi connectivity index (χ4v) is 3.88. The Morgan fingerprint density at radius 3 is 2.21 bits per heavy atom. The van der Waals surface area contributed by atoms with E-state index in [1.165, 1.54) is 12.8 Å². The van der Waals surface area contributed by atoms with Gasteiger partial charge in [0.25, 0.3) is 5.91 Å². The molecule has 0 spiro atoms. The number of benzene rings is 1. The molecule has 2 fully saturated rings. The molecule has 0 saturated carbocycles. The molecule has 0 bridgehead atoms. The zero-order valence-electron chi connectivity index (χ0n) is 16.6. The number of aromatic nitrogens is 2. The summed E-state index contributed by atoms with van der Waals surface area (Å²) < 4.78 is 5.23. The first-order valence-electron chi connectivity index (χ1n) is 9.93. The van der Waals surface area contributed by atoms with Gasteiger partial charge in [0, 0.05) is 50.9 Å². The van der Waals surface area contributed by atoms with Crippen molar-refractivity contribution in [2.75, 3.05) is 56.2 Å². The second-order valence-corrected chi connectivity index (χ2v) is 7.34. The Morgan fingerprint density at radius 1 is 0.929 bits per heavy atom. The summed E-state index contributed by atoms with van der Waals surface area (Å²) in [5.74, 6) is 3.54. The molecule has 0 radical (unpaired) electrons. The van der Waals surface area contributed by atoms with Gasteiger partial charge in [-0.2, -0.15) is 0 Å². The topological polar surface area (TPSA) is 61.8 Å². The summed E-state index contributed by atoms with van der Waals surface area (Å²) in [6, 6.07) is 9.44. The second kappa shape index (κ2) is 8.04. The minimum Gasteiger partial charge on any atom is -0.497 e. The minimum atomic E-state index is 0.0511. The Kier molecular flexibility index (Phi) is 5.32. The Hall–Kier alpha value is -2.83. The third kappa shape index (κ3) is 3.88. The molecule has 2 saturated heterocycles. The van der Waals surface area contributed by atoms with Crippen LogP contribution >= 0.6 is 0 Å². The Bertz CT molecular complexity index is 842. The molecule has 2 aromatic rings. The van der Waals surface area contributed by atoms with Crippen molar-refractivity contribution in [3.63, 3.8) is 0 Å². The van der Waals surface area contributed by atoms with Crippen LogP contribution in [0.1, 0.15) is 29.0 Å². The van der Waals surface area contributed by atoms with Crippen LogP contribution in [0.5, 0.6) is 5.75 Å². The molecule has 2 aliphatic heterocycles. The van der Waals surface area contributed by atoms with Gasteiger partial charge in [0.1, 0.15) is 23.2 Å². The van der Waals surface area contributed by atoms with Gasteiger partial charge in [-0.05, 0) is 38.0 Å². The molecule has 0 atom stereocenters. The van der Waals surface area contributed by atoms with Crippen molar-refractivity contribution in [3.8, 4) is 5.75 Å². The zero-order valence-corrected chi connectivity index (χ0v) is 16.6. The number of carbonyl (C=O) groups excluding carboxylic acids is 1. The number of nitrogens with zero attached hydrogens (tertiary/aromatic N) is 5. The number of anilines is 2. The third-order valence-electron chi connectivity index (χ3n) is 5.45. The Morgan fingerprint density at radius 2 is 1.57 bits per heavy atom. The number of ether oxygens (including phenoxy) is 1. The molecule has 148 valence electrons. The van der Waals surface area contributed by atoms with Crippen LogP contribution in [-0.4, -0.2) is 67.2 Å². The number of hydrogen-bond acceptors (Lipinski definition) is 6. The maximum Gasteiger partial charge on any atom is 0.254 e. The molecule has 7 nitrogen and oxygen atoms in total. The lowest BCUT2D eigenvalue weighted by molar-refractivity contribution is 0.0746. The molecule has 1 aromatic heterocycles. The summed E-state index contributed by atoms with van der Waals surface area (Å²) in [4.78, 5) is 28.6. The molecule has 1 amide bonds. The van der Waals surface area contributed by atoms with Crippen molar-refractivity contribution in [2.45, 2.75) is 19.8 Å². The second-order valence-electron chi connectivity index (χ2n) is 7.34. The van der Waals surface area contributed by atoms with Gasteiger partial charge in [-0.15, -0.1) is 0 Å². The number of hydrogen-bond donors (Lipinski definition) is 0. The smallest absolute Gasteiger partial charge is 0.254 e. The zero-order chi connectivity index (χ0) is 19.5. The largest absolute Gasteiger partial charge is 0.497 e. The van der Waals surface area contributed by atoms with E-state index in [2.05, 4.69) is 25.8 Å². The summed E-state index contributed by atoms with van der Waals surface area (Å²) in [6.45, 7) is 6.98. The predicted octanol–water partition coefficient (Wildman–Crippen LogP) is 2.36. The van der Waals surface area contributed by atoms with E-state index in [4.69, 9.17) is 4.74 Å². The van der Waals surface area contributed by atoms with Crippen LogP contribution in [-0.2, 0) is 0 Å². The number of amides is 1. The van der Waals surface area contributed by atoms with Gasteiger partial charge in [-0.1, -0.05) is 6.07 Å². The molecule has 4 rings (SSSR count). The summed E-state index contributed by atoms with van der Waals surface area (Å²) in [6.07, 6.45) is 2.45. The normalized spacial score (nSPS) is 17.1. The summed E-state index contributed by atoms with van der Waals surface area (Å²) in [5, 5.41) is 0. The van der Waals surface area contributed by atoms with Crippen LogP contribution in [0.4, 0.5) is 11.6 Å². The van der Waals surface area contributed by atoms with Gasteiger partial charge in [0.2, 0.25) is 0 Å². The maximum atomic E-state index is 12.8. The lowest BCUT2D eigenvalue weighted by Gasteiger charge is -2.35. The van der Waals surface area contributed by atoms with Gasteiger partial charge in [0.15, 0.2) is 0 Å². The average molecular weight is 381 g/mol. The highest BCUT2D eigenvalue weighted by Gasteiger charge is 2.24. The van der Waals surface area contributed by atoms with E-state index >= 15 is 0 Å². The first-order valence-corrected chi connectivity index (χ1v) is 9.93. The van der Waals surface area contributed by atoms with Gasteiger partial charge in [-0.25, -0.2) is 9.97 Å². The molecule has 7 heteroatoms. The van der Waals surface area contributed by atoms with Crippen LogP contribution in [0.2, 0.25) is 0 Å². The van der Waals surface area contributed by atoms with E-state index in [0.29, 0.717) is 24.4 Å². The average Bonchev–Trinajstić information content (AvgIpc) is 3.28. The lowest BCUT2D eigenvalue weighted by atomic mass is 10.1. The monoisotopic (exact) mass is 381 g/mol. The van der Waals surface area contributed by atoms with Crippen LogP contribution < -0.4 is 14.5 Å². The molecule has 2 aliphatic rings. The summed E-state index contributed by atoms with van der Waals surface area (Å²) in [5.41, 5.74) is 0.669. The number of carbonyl (C=O) groups is 1. The van der Waals surface area contributed by atoms with Crippen LogP contribution in [0, 0.1) is 6.92 Å². The highest BCUT2D eigenvalue weighted by atomic mass is 16.5. The highest BCUT2D eigenvalue weighted by molar-refractivity contribution is 5.94. The van der Waals surface area contributed by atoms with Crippen molar-refractivity contribution in [3.05, 3.63) is 41.7 Å². The molecule has 0 aliphatic carbocycles. The van der Waals surface area contributed by atoms with E-state index < -0.39 is 0 Å². The SMILES string of the molecule is COc1cccc(C(=O)N2CCN(c3cc(N4CCCC4)nc(C)n3)CC2)c1. The van der Waals surface area contributed by atoms with Crippen LogP contribution in [0.15, 0.2) is 30.3 Å². The lowest BCUT2D eigenvalue weighted by Crippen LogP contribution is -2.49. The molecule has 0 unspecified atom stereocenters. The first kappa shape index (κ1) is 18.5. The first-order chi connectivity index (χ1) is 13.6. The predicted molar refractivity (Wildman–Crippen MR) is 109 cm³/mol. The van der Waals surface area contributed by atoms with E-state index in [1.54, 1.807) is 13.2 Å². The minimum absolute atomic E-state index is 0.0511. The highest BCUT2D eigenvalue weighted by Crippen LogP contribution is 2.24. The van der Waals surface area contributed by atoms with Crippen molar-refractivity contribution >= 4 is 17.5 Å². The molecule has 1 aromatic carbocycles. The van der Waals surface area contributed by atoms with E-state index in [9.17, 15) is 4.79 Å². The van der Waals surface area contributed by atoms with Crippen LogP contribution in [0.3, 0.4) is 0 Å². The standard InChI is InChI=1S/C21H27N5O2/c1-16-22-19(24-8-3-4-9-24)15-20(23-16)25-10-12-26(13-11-25)21(27)17-6-5-7-18(14-17)28-2/h5-7,14-15H,3-4,8-13H2,1-2H3. The number of methoxy groups -OCH3 is 1. The van der Waals surface area contributed by atoms with Gasteiger partial charge in [0.05, 0.1) is 7.11 Å². The molecule has 0 N–H and O–H groups in total. The fraction of sp³-hybridized carbons (Fsp3) is 0.476. The molecule has 3 heterocycles. The van der Waals surface area contributed by atoms with Crippen molar-refractivity contribution in [1.82, 2.24) is 14.9 Å². The molecular formula is C21H27N5O2. The van der Waals surface area contributed by atoms with Crippen molar-refractivity contribution in [1.29, 1.82) is 0 Å². The quantitative estimate of drug-likeness (QED) is 0.810. The van der Waals surface area contributed by atoms with Gasteiger partial charge in [-0.3, -0.25) is 4.79 Å². The van der Waals surface area contributed by atoms with Crippen molar-refractivity contribution < 1.29 is 9.53 Å². The van der Waals surface area contributed by atoms with Gasteiger partial charge >= 0.3 is 0 Å². The van der Waals surface area contributed by atoms with E-state index in [-0.39, 0.29) is 5.91 Å². The van der Waals surface area contributed by atoms with E-state index in [1.807, 2.05) is 30.0 Å². The molecule has 28 heavy (non-hydrogen) atoms. The third-order valence-corrected chi connectivity index (χ3v) is 5.45. The Balaban J connectivity index is 1.43. The number of aryl methyl sites for hydroxylation is 1. The van der Waals surface area contributed by atoms with Crippen LogP contribution in [0.25, 0.3) is 0 Å². The number of piperazine rings is 1. The Labute approximate surface area is 165 Å². The summed E-state index contributed by atoms with van der Waals surface area (Å²) >= 11 is 0. The number of rotatable bonds is 4. The molecular weight excluding hydrogens is 354 g/mol. The maximum absolute atomic E-state index is 12.8. The van der Waals surface area contributed by atoms with E-state index in [0.717, 1.165) is 43.6 Å². The van der Waals surface area contributed by atoms with Crippen molar-refractivity contribution in [2.24, 2.45) is 0 Å². The summed E-state index contributed by atoms with van der Waals surface area (Å²) in [7, 11) is 1.61. The fourth-order valence-electron chi connectivity index (χ4n) is 3.88. The van der Waals surface area contributed by atoms with Gasteiger partial charge < -0.3 is 19.4 Å².